The van der Waals surface area contributed by atoms with E-state index in [0.29, 0.717) is 0 Å². The van der Waals surface area contributed by atoms with Crippen LogP contribution in [0.4, 0.5) is 0 Å². The normalized spacial score (nSPS) is 11.0. The molecule has 0 aliphatic rings. The van der Waals surface area contributed by atoms with Crippen LogP contribution in [0.5, 0.6) is 11.5 Å². The molecule has 0 spiro atoms. The fourth-order valence-electron chi connectivity index (χ4n) is 4.14. The molecule has 2 heteroatoms. The Kier molecular flexibility index (Phi) is 5.35. The van der Waals surface area contributed by atoms with Crippen molar-refractivity contribution in [3.05, 3.63) is 108 Å². The van der Waals surface area contributed by atoms with Crippen LogP contribution in [0.3, 0.4) is 0 Å². The average molecular weight is 380 g/mol. The first-order chi connectivity index (χ1) is 14.2. The minimum atomic E-state index is 0.0274. The van der Waals surface area contributed by atoms with E-state index < -0.39 is 0 Å². The molecule has 2 nitrogen and oxygen atoms in total. The van der Waals surface area contributed by atoms with E-state index in [1.165, 1.54) is 0 Å². The quantitative estimate of drug-likeness (QED) is 0.392. The first-order valence-corrected chi connectivity index (χ1v) is 9.95. The molecule has 0 radical (unpaired) electrons. The van der Waals surface area contributed by atoms with Crippen molar-refractivity contribution in [2.45, 2.75) is 19.3 Å². The van der Waals surface area contributed by atoms with Crippen LogP contribution in [0.2, 0.25) is 0 Å². The van der Waals surface area contributed by atoms with Crippen LogP contribution >= 0.6 is 0 Å². The Morgan fingerprint density at radius 2 is 0.966 bits per heavy atom. The van der Waals surface area contributed by atoms with E-state index >= 15 is 0 Å². The second-order valence-electron chi connectivity index (χ2n) is 7.18. The molecule has 4 aromatic carbocycles. The van der Waals surface area contributed by atoms with Crippen molar-refractivity contribution in [2.75, 3.05) is 0 Å². The van der Waals surface area contributed by atoms with E-state index in [0.717, 1.165) is 39.8 Å². The lowest BCUT2D eigenvalue weighted by molar-refractivity contribution is 0.475. The minimum absolute atomic E-state index is 0.0274. The maximum Gasteiger partial charge on any atom is 0.123 e. The Bertz CT molecular complexity index is 1010. The zero-order valence-corrected chi connectivity index (χ0v) is 16.4. The van der Waals surface area contributed by atoms with Crippen LogP contribution in [-0.4, -0.2) is 10.2 Å². The standard InChI is InChI=1S/C27H24O2/c1-2-21(22-15-9-17-24(28)26(22)19-11-5-3-6-12-19)23-16-10-18-25(29)27(23)20-13-7-4-8-14-20/h3-18,21,28-29H,2H2,1H3. The fraction of sp³-hybridized carbons (Fsp3) is 0.111. The first-order valence-electron chi connectivity index (χ1n) is 9.95. The van der Waals surface area contributed by atoms with Gasteiger partial charge in [-0.1, -0.05) is 91.9 Å². The molecular weight excluding hydrogens is 356 g/mol. The number of phenols is 2. The summed E-state index contributed by atoms with van der Waals surface area (Å²) in [5.41, 5.74) is 5.79. The van der Waals surface area contributed by atoms with E-state index in [9.17, 15) is 10.2 Å². The van der Waals surface area contributed by atoms with Crippen LogP contribution in [-0.2, 0) is 0 Å². The van der Waals surface area contributed by atoms with Gasteiger partial charge in [0, 0.05) is 17.0 Å². The van der Waals surface area contributed by atoms with Crippen molar-refractivity contribution in [3.8, 4) is 33.8 Å². The Morgan fingerprint density at radius 3 is 1.34 bits per heavy atom. The molecule has 0 atom stereocenters. The number of benzene rings is 4. The average Bonchev–Trinajstić information content (AvgIpc) is 2.76. The summed E-state index contributed by atoms with van der Waals surface area (Å²) in [6.07, 6.45) is 0.840. The highest BCUT2D eigenvalue weighted by atomic mass is 16.3. The molecule has 0 saturated heterocycles. The highest BCUT2D eigenvalue weighted by Crippen LogP contribution is 2.44. The fourth-order valence-corrected chi connectivity index (χ4v) is 4.14. The summed E-state index contributed by atoms with van der Waals surface area (Å²) in [4.78, 5) is 0. The Labute approximate surface area is 171 Å². The molecular formula is C27H24O2. The lowest BCUT2D eigenvalue weighted by Gasteiger charge is -2.24. The molecule has 0 heterocycles. The summed E-state index contributed by atoms with van der Waals surface area (Å²) in [5, 5.41) is 21.5. The van der Waals surface area contributed by atoms with Gasteiger partial charge in [0.15, 0.2) is 0 Å². The van der Waals surface area contributed by atoms with Crippen LogP contribution in [0.1, 0.15) is 30.4 Å². The van der Waals surface area contributed by atoms with Crippen molar-refractivity contribution in [2.24, 2.45) is 0 Å². The lowest BCUT2D eigenvalue weighted by atomic mass is 9.80. The van der Waals surface area contributed by atoms with Gasteiger partial charge >= 0.3 is 0 Å². The third-order valence-electron chi connectivity index (χ3n) is 5.43. The minimum Gasteiger partial charge on any atom is -0.507 e. The van der Waals surface area contributed by atoms with Crippen molar-refractivity contribution in [1.82, 2.24) is 0 Å². The molecule has 0 saturated carbocycles. The van der Waals surface area contributed by atoms with Gasteiger partial charge in [-0.2, -0.15) is 0 Å². The van der Waals surface area contributed by atoms with Gasteiger partial charge in [-0.3, -0.25) is 0 Å². The van der Waals surface area contributed by atoms with Gasteiger partial charge in [0.25, 0.3) is 0 Å². The first kappa shape index (κ1) is 18.8. The second-order valence-corrected chi connectivity index (χ2v) is 7.18. The maximum absolute atomic E-state index is 10.7. The topological polar surface area (TPSA) is 40.5 Å². The van der Waals surface area contributed by atoms with Crippen LogP contribution in [0.25, 0.3) is 22.3 Å². The number of phenolic OH excluding ortho intramolecular Hbond substituents is 2. The molecule has 0 bridgehead atoms. The van der Waals surface area contributed by atoms with Gasteiger partial charge in [0.05, 0.1) is 0 Å². The molecule has 0 aliphatic carbocycles. The number of hydrogen-bond donors (Lipinski definition) is 2. The molecule has 0 amide bonds. The second kappa shape index (κ2) is 8.24. The van der Waals surface area contributed by atoms with Crippen molar-refractivity contribution in [1.29, 1.82) is 0 Å². The summed E-state index contributed by atoms with van der Waals surface area (Å²) < 4.78 is 0. The number of aromatic hydroxyl groups is 2. The van der Waals surface area contributed by atoms with Crippen molar-refractivity contribution < 1.29 is 10.2 Å². The maximum atomic E-state index is 10.7. The molecule has 0 unspecified atom stereocenters. The largest absolute Gasteiger partial charge is 0.507 e. The third-order valence-corrected chi connectivity index (χ3v) is 5.43. The van der Waals surface area contributed by atoms with Gasteiger partial charge in [-0.15, -0.1) is 0 Å². The van der Waals surface area contributed by atoms with E-state index in [1.54, 1.807) is 12.1 Å². The SMILES string of the molecule is CCC(c1cccc(O)c1-c1ccccc1)c1cccc(O)c1-c1ccccc1. The third kappa shape index (κ3) is 3.62. The molecule has 0 aliphatic heterocycles. The summed E-state index contributed by atoms with van der Waals surface area (Å²) >= 11 is 0. The van der Waals surface area contributed by atoms with Gasteiger partial charge in [0.1, 0.15) is 11.5 Å². The summed E-state index contributed by atoms with van der Waals surface area (Å²) in [6, 6.07) is 31.4. The van der Waals surface area contributed by atoms with Gasteiger partial charge < -0.3 is 10.2 Å². The van der Waals surface area contributed by atoms with E-state index in [2.05, 4.69) is 19.1 Å². The van der Waals surface area contributed by atoms with Gasteiger partial charge in [0.2, 0.25) is 0 Å². The highest BCUT2D eigenvalue weighted by Gasteiger charge is 2.23. The Hall–Kier alpha value is -3.52. The highest BCUT2D eigenvalue weighted by molar-refractivity contribution is 5.78. The molecule has 0 fully saturated rings. The predicted molar refractivity (Wildman–Crippen MR) is 119 cm³/mol. The van der Waals surface area contributed by atoms with E-state index in [4.69, 9.17) is 0 Å². The summed E-state index contributed by atoms with van der Waals surface area (Å²) in [7, 11) is 0. The van der Waals surface area contributed by atoms with Crippen molar-refractivity contribution in [3.63, 3.8) is 0 Å². The zero-order chi connectivity index (χ0) is 20.2. The molecule has 4 rings (SSSR count). The smallest absolute Gasteiger partial charge is 0.123 e. The van der Waals surface area contributed by atoms with E-state index in [-0.39, 0.29) is 17.4 Å². The molecule has 29 heavy (non-hydrogen) atoms. The molecule has 4 aromatic rings. The van der Waals surface area contributed by atoms with Gasteiger partial charge in [-0.25, -0.2) is 0 Å². The van der Waals surface area contributed by atoms with Gasteiger partial charge in [-0.05, 0) is 40.8 Å². The van der Waals surface area contributed by atoms with Crippen LogP contribution < -0.4 is 0 Å². The molecule has 2 N–H and O–H groups in total. The van der Waals surface area contributed by atoms with Crippen LogP contribution in [0.15, 0.2) is 97.1 Å². The Balaban J connectivity index is 1.94. The predicted octanol–water partition coefficient (Wildman–Crippen LogP) is 6.97. The van der Waals surface area contributed by atoms with Crippen LogP contribution in [0, 0.1) is 0 Å². The Morgan fingerprint density at radius 1 is 0.552 bits per heavy atom. The number of rotatable bonds is 5. The van der Waals surface area contributed by atoms with E-state index in [1.807, 2.05) is 72.8 Å². The summed E-state index contributed by atoms with van der Waals surface area (Å²) in [6.45, 7) is 2.14. The monoisotopic (exact) mass is 380 g/mol. The molecule has 144 valence electrons. The molecule has 0 aromatic heterocycles. The lowest BCUT2D eigenvalue weighted by Crippen LogP contribution is -2.04. The zero-order valence-electron chi connectivity index (χ0n) is 16.4. The number of hydrogen-bond acceptors (Lipinski definition) is 2. The van der Waals surface area contributed by atoms with Crippen molar-refractivity contribution >= 4 is 0 Å². The summed E-state index contributed by atoms with van der Waals surface area (Å²) in [5.74, 6) is 0.571.